The fourth-order valence-corrected chi connectivity index (χ4v) is 4.61. The van der Waals surface area contributed by atoms with E-state index in [0.717, 1.165) is 0 Å². The Morgan fingerprint density at radius 3 is 1.75 bits per heavy atom. The Labute approximate surface area is 208 Å². The fourth-order valence-electron chi connectivity index (χ4n) is 4.61. The normalized spacial score (nSPS) is 48.3. The smallest absolute Gasteiger partial charge is 0.187 e. The molecule has 212 valence electrons. The summed E-state index contributed by atoms with van der Waals surface area (Å²) in [6.45, 7) is 3.86. The predicted molar refractivity (Wildman–Crippen MR) is 117 cm³/mol. The van der Waals surface area contributed by atoms with Gasteiger partial charge in [0.25, 0.3) is 0 Å². The van der Waals surface area contributed by atoms with Crippen LogP contribution in [-0.2, 0) is 28.4 Å². The Balaban J connectivity index is 1.68. The van der Waals surface area contributed by atoms with Gasteiger partial charge in [-0.1, -0.05) is 6.92 Å². The van der Waals surface area contributed by atoms with Gasteiger partial charge in [0.2, 0.25) is 0 Å². The van der Waals surface area contributed by atoms with Gasteiger partial charge in [-0.3, -0.25) is 0 Å². The first-order valence-corrected chi connectivity index (χ1v) is 12.2. The predicted octanol–water partition coefficient (Wildman–Crippen LogP) is -3.69. The second-order valence-corrected chi connectivity index (χ2v) is 9.61. The zero-order chi connectivity index (χ0) is 26.7. The third-order valence-corrected chi connectivity index (χ3v) is 6.59. The van der Waals surface area contributed by atoms with Crippen LogP contribution in [0.15, 0.2) is 0 Å². The van der Waals surface area contributed by atoms with Gasteiger partial charge in [-0.2, -0.15) is 0 Å². The van der Waals surface area contributed by atoms with Gasteiger partial charge in [-0.15, -0.1) is 0 Å². The van der Waals surface area contributed by atoms with Crippen molar-refractivity contribution in [1.82, 2.24) is 0 Å². The molecule has 0 amide bonds. The first-order chi connectivity index (χ1) is 17.0. The van der Waals surface area contributed by atoms with Crippen LogP contribution in [0.2, 0.25) is 0 Å². The Hall–Kier alpha value is -0.560. The molecule has 0 saturated carbocycles. The second-order valence-electron chi connectivity index (χ2n) is 9.61. The summed E-state index contributed by atoms with van der Waals surface area (Å²) < 4.78 is 33.5. The summed E-state index contributed by atoms with van der Waals surface area (Å²) in [6, 6.07) is 0. The van der Waals surface area contributed by atoms with Crippen molar-refractivity contribution in [3.05, 3.63) is 0 Å². The van der Waals surface area contributed by atoms with Crippen LogP contribution in [0.3, 0.4) is 0 Å². The summed E-state index contributed by atoms with van der Waals surface area (Å²) in [5.41, 5.74) is 0. The van der Waals surface area contributed by atoms with Crippen LogP contribution >= 0.6 is 0 Å². The van der Waals surface area contributed by atoms with Crippen LogP contribution in [0.25, 0.3) is 0 Å². The average Bonchev–Trinajstić information content (AvgIpc) is 2.84. The molecule has 3 aliphatic rings. The highest BCUT2D eigenvalue weighted by molar-refractivity contribution is 4.95. The number of aliphatic hydroxyl groups is 8. The van der Waals surface area contributed by atoms with Crippen molar-refractivity contribution in [3.63, 3.8) is 0 Å². The molecule has 3 heterocycles. The molecule has 0 radical (unpaired) electrons. The maximum absolute atomic E-state index is 10.8. The summed E-state index contributed by atoms with van der Waals surface area (Å²) >= 11 is 0. The maximum atomic E-state index is 10.8. The van der Waals surface area contributed by atoms with Crippen molar-refractivity contribution in [3.8, 4) is 0 Å². The first-order valence-electron chi connectivity index (χ1n) is 12.2. The Morgan fingerprint density at radius 2 is 1.22 bits per heavy atom. The Kier molecular flexibility index (Phi) is 10.8. The number of rotatable bonds is 9. The largest absolute Gasteiger partial charge is 0.394 e. The number of hydrogen-bond acceptors (Lipinski definition) is 14. The van der Waals surface area contributed by atoms with Crippen molar-refractivity contribution < 1.29 is 69.3 Å². The molecule has 3 saturated heterocycles. The van der Waals surface area contributed by atoms with Crippen molar-refractivity contribution in [2.24, 2.45) is 0 Å². The zero-order valence-corrected chi connectivity index (χ0v) is 20.5. The third kappa shape index (κ3) is 6.52. The van der Waals surface area contributed by atoms with Crippen molar-refractivity contribution in [1.29, 1.82) is 0 Å². The SMILES string of the molecule is CC[C@H]1O[C@@H](O[C@H]2[C@H](O)[C@@H](O)[C@H](O[C@H]3[C@H](O)[C@@H](O)[C@H](OC(C)C)O[C@@H]3CO)O[C@@H]2CO)C[C@@H](O)[C@H]1O. The van der Waals surface area contributed by atoms with Crippen LogP contribution in [-0.4, -0.2) is 146 Å². The molecule has 14 nitrogen and oxygen atoms in total. The summed E-state index contributed by atoms with van der Waals surface area (Å²) in [4.78, 5) is 0. The Morgan fingerprint density at radius 1 is 0.694 bits per heavy atom. The van der Waals surface area contributed by atoms with E-state index in [4.69, 9.17) is 28.4 Å². The quantitative estimate of drug-likeness (QED) is 0.145. The highest BCUT2D eigenvalue weighted by atomic mass is 16.8. The van der Waals surface area contributed by atoms with E-state index in [1.165, 1.54) is 0 Å². The van der Waals surface area contributed by atoms with E-state index in [1.54, 1.807) is 20.8 Å². The molecule has 36 heavy (non-hydrogen) atoms. The number of ether oxygens (including phenoxy) is 6. The summed E-state index contributed by atoms with van der Waals surface area (Å²) in [6.07, 6.45) is -18.6. The topological polar surface area (TPSA) is 217 Å². The van der Waals surface area contributed by atoms with Crippen LogP contribution in [0, 0.1) is 0 Å². The number of aliphatic hydroxyl groups excluding tert-OH is 8. The Bertz CT molecular complexity index is 665. The lowest BCUT2D eigenvalue weighted by Gasteiger charge is -2.47. The molecule has 0 aromatic carbocycles. The molecular weight excluding hydrogens is 488 g/mol. The standard InChI is InChI=1S/C22H40O14/c1-4-10-14(26)9(25)5-13(32-10)35-19-11(6-23)34-22(18(30)15(19)27)36-20-12(7-24)33-21(31-8(2)3)17(29)16(20)28/h8-30H,4-7H2,1-3H3/t9-,10-,11-,12-,13+,14-,15-,16-,17-,18-,19-,20-,21-,22+/m1/s1. The maximum Gasteiger partial charge on any atom is 0.187 e. The molecule has 0 spiro atoms. The summed E-state index contributed by atoms with van der Waals surface area (Å²) in [5.74, 6) is 0. The van der Waals surface area contributed by atoms with Gasteiger partial charge in [0, 0.05) is 6.42 Å². The van der Waals surface area contributed by atoms with Crippen molar-refractivity contribution in [2.75, 3.05) is 13.2 Å². The highest BCUT2D eigenvalue weighted by Crippen LogP contribution is 2.32. The van der Waals surface area contributed by atoms with E-state index >= 15 is 0 Å². The fraction of sp³-hybridized carbons (Fsp3) is 1.00. The monoisotopic (exact) mass is 528 g/mol. The van der Waals surface area contributed by atoms with Crippen LogP contribution in [0.1, 0.15) is 33.6 Å². The van der Waals surface area contributed by atoms with Gasteiger partial charge in [0.15, 0.2) is 18.9 Å². The van der Waals surface area contributed by atoms with E-state index in [1.807, 2.05) is 0 Å². The van der Waals surface area contributed by atoms with E-state index in [2.05, 4.69) is 0 Å². The van der Waals surface area contributed by atoms with Crippen LogP contribution in [0.4, 0.5) is 0 Å². The van der Waals surface area contributed by atoms with Gasteiger partial charge >= 0.3 is 0 Å². The third-order valence-electron chi connectivity index (χ3n) is 6.59. The average molecular weight is 529 g/mol. The van der Waals surface area contributed by atoms with E-state index in [0.29, 0.717) is 6.42 Å². The van der Waals surface area contributed by atoms with E-state index in [9.17, 15) is 40.9 Å². The molecule has 0 unspecified atom stereocenters. The minimum absolute atomic E-state index is 0.115. The molecule has 3 rings (SSSR count). The van der Waals surface area contributed by atoms with Gasteiger partial charge in [0.1, 0.15) is 54.9 Å². The molecule has 0 aliphatic carbocycles. The molecule has 3 fully saturated rings. The minimum atomic E-state index is -1.74. The van der Waals surface area contributed by atoms with Gasteiger partial charge < -0.3 is 69.3 Å². The van der Waals surface area contributed by atoms with Gasteiger partial charge in [0.05, 0.1) is 31.5 Å². The zero-order valence-electron chi connectivity index (χ0n) is 20.5. The lowest BCUT2D eigenvalue weighted by atomic mass is 9.96. The molecule has 0 aromatic rings. The van der Waals surface area contributed by atoms with Gasteiger partial charge in [-0.25, -0.2) is 0 Å². The van der Waals surface area contributed by atoms with E-state index < -0.39 is 99.2 Å². The van der Waals surface area contributed by atoms with Crippen molar-refractivity contribution in [2.45, 2.75) is 126 Å². The minimum Gasteiger partial charge on any atom is -0.394 e. The lowest BCUT2D eigenvalue weighted by Crippen LogP contribution is -2.65. The summed E-state index contributed by atoms with van der Waals surface area (Å²) in [7, 11) is 0. The highest BCUT2D eigenvalue weighted by Gasteiger charge is 2.52. The van der Waals surface area contributed by atoms with E-state index in [-0.39, 0.29) is 12.5 Å². The lowest BCUT2D eigenvalue weighted by molar-refractivity contribution is -0.373. The first kappa shape index (κ1) is 30.0. The molecule has 0 aromatic heterocycles. The molecule has 3 aliphatic heterocycles. The summed E-state index contributed by atoms with van der Waals surface area (Å²) in [5, 5.41) is 82.2. The van der Waals surface area contributed by atoms with Crippen molar-refractivity contribution >= 4 is 0 Å². The second kappa shape index (κ2) is 13.0. The van der Waals surface area contributed by atoms with Crippen LogP contribution < -0.4 is 0 Å². The molecule has 0 bridgehead atoms. The molecule has 8 N–H and O–H groups in total. The molecule has 14 heteroatoms. The van der Waals surface area contributed by atoms with Gasteiger partial charge in [-0.05, 0) is 20.3 Å². The van der Waals surface area contributed by atoms with Crippen LogP contribution in [0.5, 0.6) is 0 Å². The molecule has 14 atom stereocenters. The molecular formula is C22H40O14. The number of hydrogen-bond donors (Lipinski definition) is 8.